The molecule has 3 heteroatoms. The molecule has 1 N–H and O–H groups in total. The highest BCUT2D eigenvalue weighted by Crippen LogP contribution is 2.25. The molecule has 1 atom stereocenters. The van der Waals surface area contributed by atoms with Gasteiger partial charge in [-0.25, -0.2) is 0 Å². The normalized spacial score (nSPS) is 20.7. The van der Waals surface area contributed by atoms with Crippen molar-refractivity contribution in [2.45, 2.75) is 52.2 Å². The highest BCUT2D eigenvalue weighted by molar-refractivity contribution is 7.59. The third-order valence-corrected chi connectivity index (χ3v) is 2.95. The molecule has 0 unspecified atom stereocenters. The van der Waals surface area contributed by atoms with Crippen LogP contribution < -0.4 is 5.32 Å². The van der Waals surface area contributed by atoms with E-state index in [9.17, 15) is 0 Å². The molecule has 1 aliphatic rings. The molecule has 0 saturated carbocycles. The van der Waals surface area contributed by atoms with Gasteiger partial charge in [0.25, 0.3) is 0 Å². The molecular weight excluding hydrogens is 204 g/mol. The second-order valence-electron chi connectivity index (χ2n) is 5.40. The van der Waals surface area contributed by atoms with Gasteiger partial charge in [-0.3, -0.25) is 0 Å². The molecule has 0 bridgehead atoms. The Bertz CT molecular complexity index is 336. The van der Waals surface area contributed by atoms with Crippen molar-refractivity contribution >= 4 is 13.5 Å². The zero-order valence-corrected chi connectivity index (χ0v) is 11.1. The van der Waals surface area contributed by atoms with Crippen LogP contribution in [0.1, 0.15) is 39.0 Å². The molecule has 0 aliphatic carbocycles. The average Bonchev–Trinajstić information content (AvgIpc) is 2.45. The Kier molecular flexibility index (Phi) is 3.56. The summed E-state index contributed by atoms with van der Waals surface area (Å²) in [6, 6.07) is 2.93. The summed E-state index contributed by atoms with van der Waals surface area (Å²) in [5.41, 5.74) is 3.14. The summed E-state index contributed by atoms with van der Waals surface area (Å²) in [4.78, 5) is 0. The van der Waals surface area contributed by atoms with Gasteiger partial charge in [0.1, 0.15) is 0 Å². The van der Waals surface area contributed by atoms with Crippen LogP contribution in [0.5, 0.6) is 0 Å². The molecule has 15 heavy (non-hydrogen) atoms. The number of fused-ring (bicyclic) bond motifs is 1. The molecule has 0 fully saturated rings. The standard InChI is InChI=1S/C12H20N2.H2S/c1-9-7-14-8-10(12(2,3)4)5-11(14)6-13-9;/h5,8-9,13H,6-7H2,1-4H3;1H2/t9-;/m0./s1. The zero-order chi connectivity index (χ0) is 10.3. The third kappa shape index (κ3) is 2.58. The van der Waals surface area contributed by atoms with Crippen LogP contribution >= 0.6 is 13.5 Å². The van der Waals surface area contributed by atoms with Crippen molar-refractivity contribution < 1.29 is 0 Å². The van der Waals surface area contributed by atoms with Crippen LogP contribution in [0.25, 0.3) is 0 Å². The molecule has 0 radical (unpaired) electrons. The molecule has 0 saturated heterocycles. The van der Waals surface area contributed by atoms with Gasteiger partial charge < -0.3 is 9.88 Å². The lowest BCUT2D eigenvalue weighted by Gasteiger charge is -2.22. The van der Waals surface area contributed by atoms with Crippen molar-refractivity contribution in [1.82, 2.24) is 9.88 Å². The van der Waals surface area contributed by atoms with E-state index >= 15 is 0 Å². The fourth-order valence-corrected chi connectivity index (χ4v) is 1.92. The monoisotopic (exact) mass is 226 g/mol. The molecule has 2 heterocycles. The number of nitrogens with zero attached hydrogens (tertiary/aromatic N) is 1. The summed E-state index contributed by atoms with van der Waals surface area (Å²) in [5.74, 6) is 0. The Balaban J connectivity index is 0.00000112. The lowest BCUT2D eigenvalue weighted by Crippen LogP contribution is -2.35. The van der Waals surface area contributed by atoms with Gasteiger partial charge in [0.2, 0.25) is 0 Å². The van der Waals surface area contributed by atoms with Crippen molar-refractivity contribution in [3.8, 4) is 0 Å². The second kappa shape index (κ2) is 4.22. The van der Waals surface area contributed by atoms with Crippen LogP contribution in [-0.2, 0) is 18.5 Å². The molecule has 86 valence electrons. The van der Waals surface area contributed by atoms with Gasteiger partial charge in [-0.15, -0.1) is 0 Å². The molecule has 1 aliphatic heterocycles. The summed E-state index contributed by atoms with van der Waals surface area (Å²) in [6.07, 6.45) is 2.31. The van der Waals surface area contributed by atoms with E-state index < -0.39 is 0 Å². The number of rotatable bonds is 0. The SMILES string of the molecule is C[C@H]1Cn2cc(C(C)(C)C)cc2CN1.S. The maximum Gasteiger partial charge on any atom is 0.0374 e. The van der Waals surface area contributed by atoms with Gasteiger partial charge >= 0.3 is 0 Å². The van der Waals surface area contributed by atoms with Crippen LogP contribution in [-0.4, -0.2) is 10.6 Å². The summed E-state index contributed by atoms with van der Waals surface area (Å²) in [7, 11) is 0. The van der Waals surface area contributed by atoms with Crippen LogP contribution in [0.2, 0.25) is 0 Å². The van der Waals surface area contributed by atoms with Crippen molar-refractivity contribution in [3.63, 3.8) is 0 Å². The van der Waals surface area contributed by atoms with Gasteiger partial charge in [0.05, 0.1) is 0 Å². The fourth-order valence-electron chi connectivity index (χ4n) is 1.92. The molecule has 0 amide bonds. The lowest BCUT2D eigenvalue weighted by molar-refractivity contribution is 0.416. The van der Waals surface area contributed by atoms with Crippen molar-refractivity contribution in [3.05, 3.63) is 23.5 Å². The van der Waals surface area contributed by atoms with Gasteiger partial charge in [0.15, 0.2) is 0 Å². The van der Waals surface area contributed by atoms with Crippen molar-refractivity contribution in [2.24, 2.45) is 0 Å². The Labute approximate surface area is 99.5 Å². The van der Waals surface area contributed by atoms with E-state index in [1.54, 1.807) is 0 Å². The summed E-state index contributed by atoms with van der Waals surface area (Å²) in [5, 5.41) is 3.48. The number of hydrogen-bond donors (Lipinski definition) is 1. The maximum absolute atomic E-state index is 3.48. The van der Waals surface area contributed by atoms with Crippen LogP contribution in [0.4, 0.5) is 0 Å². The molecule has 1 aromatic heterocycles. The summed E-state index contributed by atoms with van der Waals surface area (Å²) in [6.45, 7) is 11.2. The van der Waals surface area contributed by atoms with Gasteiger partial charge in [-0.1, -0.05) is 20.8 Å². The molecule has 0 aromatic carbocycles. The average molecular weight is 226 g/mol. The van der Waals surface area contributed by atoms with Crippen LogP contribution in [0.15, 0.2) is 12.3 Å². The quantitative estimate of drug-likeness (QED) is 0.719. The first-order chi connectivity index (χ1) is 6.47. The number of aromatic nitrogens is 1. The van der Waals surface area contributed by atoms with Gasteiger partial charge in [-0.05, 0) is 24.0 Å². The molecule has 0 spiro atoms. The second-order valence-corrected chi connectivity index (χ2v) is 5.40. The Morgan fingerprint density at radius 1 is 1.40 bits per heavy atom. The Hall–Kier alpha value is -0.410. The minimum atomic E-state index is 0. The van der Waals surface area contributed by atoms with E-state index in [0.717, 1.165) is 13.1 Å². The molecule has 2 nitrogen and oxygen atoms in total. The smallest absolute Gasteiger partial charge is 0.0374 e. The fraction of sp³-hybridized carbons (Fsp3) is 0.667. The molecular formula is C12H22N2S. The van der Waals surface area contributed by atoms with Gasteiger partial charge in [-0.2, -0.15) is 13.5 Å². The largest absolute Gasteiger partial charge is 0.348 e. The van der Waals surface area contributed by atoms with E-state index in [-0.39, 0.29) is 18.9 Å². The first kappa shape index (κ1) is 12.7. The summed E-state index contributed by atoms with van der Waals surface area (Å²) < 4.78 is 2.39. The van der Waals surface area contributed by atoms with Crippen molar-refractivity contribution in [1.29, 1.82) is 0 Å². The first-order valence-electron chi connectivity index (χ1n) is 5.40. The molecule has 2 rings (SSSR count). The minimum Gasteiger partial charge on any atom is -0.348 e. The highest BCUT2D eigenvalue weighted by Gasteiger charge is 2.20. The predicted octanol–water partition coefficient (Wildman–Crippen LogP) is 2.39. The predicted molar refractivity (Wildman–Crippen MR) is 69.8 cm³/mol. The maximum atomic E-state index is 3.48. The number of nitrogens with one attached hydrogen (secondary N) is 1. The van der Waals surface area contributed by atoms with E-state index in [1.807, 2.05) is 0 Å². The van der Waals surface area contributed by atoms with Crippen molar-refractivity contribution in [2.75, 3.05) is 0 Å². The van der Waals surface area contributed by atoms with Crippen LogP contribution in [0.3, 0.4) is 0 Å². The first-order valence-corrected chi connectivity index (χ1v) is 5.40. The van der Waals surface area contributed by atoms with E-state index in [0.29, 0.717) is 6.04 Å². The van der Waals surface area contributed by atoms with E-state index in [4.69, 9.17) is 0 Å². The summed E-state index contributed by atoms with van der Waals surface area (Å²) >= 11 is 0. The van der Waals surface area contributed by atoms with E-state index in [2.05, 4.69) is 49.8 Å². The van der Waals surface area contributed by atoms with Gasteiger partial charge in [0, 0.05) is 31.0 Å². The lowest BCUT2D eigenvalue weighted by atomic mass is 9.89. The third-order valence-electron chi connectivity index (χ3n) is 2.95. The minimum absolute atomic E-state index is 0. The van der Waals surface area contributed by atoms with E-state index in [1.165, 1.54) is 11.3 Å². The number of hydrogen-bond acceptors (Lipinski definition) is 1. The topological polar surface area (TPSA) is 17.0 Å². The highest BCUT2D eigenvalue weighted by atomic mass is 32.1. The van der Waals surface area contributed by atoms with Crippen LogP contribution in [0, 0.1) is 0 Å². The Morgan fingerprint density at radius 2 is 2.07 bits per heavy atom. The molecule has 1 aromatic rings. The Morgan fingerprint density at radius 3 is 2.67 bits per heavy atom. The zero-order valence-electron chi connectivity index (χ0n) is 10.1.